The smallest absolute Gasteiger partial charge is 0.306 e. The summed E-state index contributed by atoms with van der Waals surface area (Å²) in [7, 11) is 1.69. The van der Waals surface area contributed by atoms with Crippen LogP contribution in [0.2, 0.25) is 0 Å². The Morgan fingerprint density at radius 1 is 1.24 bits per heavy atom. The molecular formula is C24H26BrNO3. The summed E-state index contributed by atoms with van der Waals surface area (Å²) in [6, 6.07) is 14.6. The van der Waals surface area contributed by atoms with Crippen LogP contribution in [0.3, 0.4) is 0 Å². The first-order valence-corrected chi connectivity index (χ1v) is 10.8. The molecule has 1 saturated carbocycles. The Morgan fingerprint density at radius 2 is 1.93 bits per heavy atom. The van der Waals surface area contributed by atoms with Gasteiger partial charge in [0.1, 0.15) is 5.75 Å². The molecule has 0 saturated heterocycles. The monoisotopic (exact) mass is 455 g/mol. The fraction of sp³-hybridized carbons (Fsp3) is 0.375. The Hall–Kier alpha value is -2.27. The number of nitrogens with zero attached hydrogens (tertiary/aromatic N) is 1. The molecule has 1 N–H and O–H groups in total. The number of halogens is 1. The van der Waals surface area contributed by atoms with E-state index < -0.39 is 5.97 Å². The Labute approximate surface area is 179 Å². The number of carboxylic acids is 1. The van der Waals surface area contributed by atoms with Crippen LogP contribution in [0.5, 0.6) is 5.75 Å². The van der Waals surface area contributed by atoms with E-state index >= 15 is 0 Å². The van der Waals surface area contributed by atoms with Gasteiger partial charge in [-0.05, 0) is 73.1 Å². The van der Waals surface area contributed by atoms with Gasteiger partial charge in [-0.2, -0.15) is 0 Å². The molecule has 1 heterocycles. The van der Waals surface area contributed by atoms with Crippen LogP contribution in [0.1, 0.15) is 43.0 Å². The molecule has 1 fully saturated rings. The van der Waals surface area contributed by atoms with E-state index in [1.165, 1.54) is 27.7 Å². The molecule has 4 rings (SSSR count). The number of hydrogen-bond donors (Lipinski definition) is 1. The van der Waals surface area contributed by atoms with Crippen molar-refractivity contribution < 1.29 is 14.6 Å². The maximum Gasteiger partial charge on any atom is 0.306 e. The van der Waals surface area contributed by atoms with E-state index in [1.807, 2.05) is 13.0 Å². The number of hydrogen-bond acceptors (Lipinski definition) is 2. The number of carboxylic acid groups (broad SMARTS) is 1. The van der Waals surface area contributed by atoms with Gasteiger partial charge in [-0.15, -0.1) is 0 Å². The van der Waals surface area contributed by atoms with Crippen molar-refractivity contribution in [1.82, 2.24) is 4.57 Å². The van der Waals surface area contributed by atoms with Crippen LogP contribution in [0.15, 0.2) is 46.9 Å². The molecule has 152 valence electrons. The first kappa shape index (κ1) is 20.0. The largest absolute Gasteiger partial charge is 0.497 e. The topological polar surface area (TPSA) is 51.5 Å². The van der Waals surface area contributed by atoms with Gasteiger partial charge in [0.05, 0.1) is 13.0 Å². The Kier molecular flexibility index (Phi) is 5.19. The molecule has 5 heteroatoms. The second kappa shape index (κ2) is 7.52. The van der Waals surface area contributed by atoms with Crippen molar-refractivity contribution in [3.8, 4) is 5.75 Å². The van der Waals surface area contributed by atoms with E-state index in [2.05, 4.69) is 63.8 Å². The first-order valence-electron chi connectivity index (χ1n) is 9.99. The van der Waals surface area contributed by atoms with Gasteiger partial charge >= 0.3 is 5.97 Å². The third-order valence-corrected chi connectivity index (χ3v) is 6.82. The lowest BCUT2D eigenvalue weighted by atomic mass is 9.85. The third kappa shape index (κ3) is 3.68. The highest BCUT2D eigenvalue weighted by atomic mass is 79.9. The highest BCUT2D eigenvalue weighted by molar-refractivity contribution is 9.10. The lowest BCUT2D eigenvalue weighted by Crippen LogP contribution is -2.19. The minimum Gasteiger partial charge on any atom is -0.497 e. The summed E-state index contributed by atoms with van der Waals surface area (Å²) in [5, 5.41) is 10.7. The maximum absolute atomic E-state index is 11.5. The molecular weight excluding hydrogens is 430 g/mol. The molecule has 0 spiro atoms. The first-order chi connectivity index (χ1) is 13.8. The number of ether oxygens (including phenoxy) is 1. The second-order valence-electron chi connectivity index (χ2n) is 8.28. The van der Waals surface area contributed by atoms with E-state index in [0.717, 1.165) is 29.6 Å². The summed E-state index contributed by atoms with van der Waals surface area (Å²) in [5.74, 6) is -0.237. The van der Waals surface area contributed by atoms with Gasteiger partial charge in [-0.25, -0.2) is 0 Å². The van der Waals surface area contributed by atoms with Crippen LogP contribution in [0.4, 0.5) is 0 Å². The van der Waals surface area contributed by atoms with Crippen LogP contribution in [0.25, 0.3) is 10.9 Å². The summed E-state index contributed by atoms with van der Waals surface area (Å²) < 4.78 is 8.93. The SMILES string of the molecule is COc1ccc2c(c1)c(C1(CC(C)C(=O)O)CC1)c(C)n2Cc1ccc(Br)cc1. The fourth-order valence-electron chi connectivity index (χ4n) is 4.61. The molecule has 0 radical (unpaired) electrons. The van der Waals surface area contributed by atoms with Crippen molar-refractivity contribution in [3.05, 3.63) is 63.8 Å². The average Bonchev–Trinajstić information content (AvgIpc) is 3.41. The van der Waals surface area contributed by atoms with E-state index in [4.69, 9.17) is 4.74 Å². The van der Waals surface area contributed by atoms with Crippen LogP contribution < -0.4 is 4.74 Å². The summed E-state index contributed by atoms with van der Waals surface area (Å²) in [5.41, 5.74) is 4.90. The minimum absolute atomic E-state index is 0.0442. The van der Waals surface area contributed by atoms with Crippen LogP contribution >= 0.6 is 15.9 Å². The normalized spacial score (nSPS) is 16.0. The fourth-order valence-corrected chi connectivity index (χ4v) is 4.88. The second-order valence-corrected chi connectivity index (χ2v) is 9.20. The Bertz CT molecular complexity index is 1060. The summed E-state index contributed by atoms with van der Waals surface area (Å²) in [6.07, 6.45) is 2.76. The predicted molar refractivity (Wildman–Crippen MR) is 119 cm³/mol. The van der Waals surface area contributed by atoms with Gasteiger partial charge in [0, 0.05) is 27.6 Å². The highest BCUT2D eigenvalue weighted by Crippen LogP contribution is 2.56. The van der Waals surface area contributed by atoms with Crippen molar-refractivity contribution in [2.24, 2.45) is 5.92 Å². The number of benzene rings is 2. The molecule has 0 bridgehead atoms. The molecule has 29 heavy (non-hydrogen) atoms. The van der Waals surface area contributed by atoms with Gasteiger partial charge in [-0.1, -0.05) is 35.0 Å². The Balaban J connectivity index is 1.84. The molecule has 1 atom stereocenters. The van der Waals surface area contributed by atoms with Crippen LogP contribution in [-0.2, 0) is 16.8 Å². The van der Waals surface area contributed by atoms with Crippen molar-refractivity contribution in [2.45, 2.75) is 45.1 Å². The molecule has 1 unspecified atom stereocenters. The molecule has 3 aromatic rings. The van der Waals surface area contributed by atoms with Crippen LogP contribution in [0, 0.1) is 12.8 Å². The standard InChI is InChI=1S/C24H26BrNO3/c1-15(23(27)28)13-24(10-11-24)22-16(2)26(14-17-4-6-18(25)7-5-17)21-9-8-19(29-3)12-20(21)22/h4-9,12,15H,10-11,13-14H2,1-3H3,(H,27,28). The molecule has 4 nitrogen and oxygen atoms in total. The molecule has 1 aromatic heterocycles. The third-order valence-electron chi connectivity index (χ3n) is 6.29. The summed E-state index contributed by atoms with van der Waals surface area (Å²) in [6.45, 7) is 4.78. The zero-order valence-electron chi connectivity index (χ0n) is 17.0. The van der Waals surface area contributed by atoms with Crippen LogP contribution in [-0.4, -0.2) is 22.8 Å². The van der Waals surface area contributed by atoms with Crippen molar-refractivity contribution in [3.63, 3.8) is 0 Å². The van der Waals surface area contributed by atoms with E-state index in [0.29, 0.717) is 6.42 Å². The Morgan fingerprint density at radius 3 is 2.52 bits per heavy atom. The number of methoxy groups -OCH3 is 1. The summed E-state index contributed by atoms with van der Waals surface area (Å²) >= 11 is 3.51. The van der Waals surface area contributed by atoms with Crippen molar-refractivity contribution in [1.29, 1.82) is 0 Å². The lowest BCUT2D eigenvalue weighted by molar-refractivity contribution is -0.141. The lowest BCUT2D eigenvalue weighted by Gasteiger charge is -2.19. The zero-order valence-corrected chi connectivity index (χ0v) is 18.6. The zero-order chi connectivity index (χ0) is 20.8. The highest BCUT2D eigenvalue weighted by Gasteiger charge is 2.48. The number of aliphatic carboxylic acids is 1. The van der Waals surface area contributed by atoms with Gasteiger partial charge in [0.15, 0.2) is 0 Å². The minimum atomic E-state index is -0.717. The van der Waals surface area contributed by atoms with E-state index in [9.17, 15) is 9.90 Å². The van der Waals surface area contributed by atoms with Gasteiger partial charge in [0.2, 0.25) is 0 Å². The number of carbonyl (C=O) groups is 1. The number of rotatable bonds is 7. The average molecular weight is 456 g/mol. The predicted octanol–water partition coefficient (Wildman–Crippen LogP) is 5.91. The molecule has 0 amide bonds. The van der Waals surface area contributed by atoms with Gasteiger partial charge < -0.3 is 14.4 Å². The quantitative estimate of drug-likeness (QED) is 0.481. The van der Waals surface area contributed by atoms with E-state index in [-0.39, 0.29) is 11.3 Å². The molecule has 1 aliphatic rings. The van der Waals surface area contributed by atoms with Gasteiger partial charge in [0.25, 0.3) is 0 Å². The molecule has 2 aromatic carbocycles. The summed E-state index contributed by atoms with van der Waals surface area (Å²) in [4.78, 5) is 11.5. The van der Waals surface area contributed by atoms with Gasteiger partial charge in [-0.3, -0.25) is 4.79 Å². The molecule has 0 aliphatic heterocycles. The maximum atomic E-state index is 11.5. The van der Waals surface area contributed by atoms with Crippen molar-refractivity contribution >= 4 is 32.8 Å². The number of aromatic nitrogens is 1. The van der Waals surface area contributed by atoms with Crippen molar-refractivity contribution in [2.75, 3.05) is 7.11 Å². The molecule has 1 aliphatic carbocycles. The number of fused-ring (bicyclic) bond motifs is 1. The van der Waals surface area contributed by atoms with E-state index in [1.54, 1.807) is 7.11 Å².